The average Bonchev–Trinajstić information content (AvgIpc) is 2.54. The highest BCUT2D eigenvalue weighted by Crippen LogP contribution is 2.07. The number of piperidine rings is 2. The summed E-state index contributed by atoms with van der Waals surface area (Å²) in [6.45, 7) is 9.44. The molecule has 0 amide bonds. The Kier molecular flexibility index (Phi) is 5.32. The molecule has 0 aromatic heterocycles. The highest BCUT2D eigenvalue weighted by Gasteiger charge is 2.32. The fourth-order valence-electron chi connectivity index (χ4n) is 4.35. The Hall–Kier alpha value is -0.860. The smallest absolute Gasteiger partial charge is 0.0983 e. The van der Waals surface area contributed by atoms with E-state index in [0.29, 0.717) is 0 Å². The number of quaternary nitrogens is 2. The minimum absolute atomic E-state index is 0.956. The zero-order valence-corrected chi connectivity index (χ0v) is 13.6. The Balaban J connectivity index is 1.40. The molecule has 0 radical (unpaired) electrons. The van der Waals surface area contributed by atoms with Gasteiger partial charge >= 0.3 is 0 Å². The van der Waals surface area contributed by atoms with Crippen molar-refractivity contribution in [1.82, 2.24) is 0 Å². The lowest BCUT2D eigenvalue weighted by Crippen LogP contribution is -3.21. The predicted molar refractivity (Wildman–Crippen MR) is 87.8 cm³/mol. The van der Waals surface area contributed by atoms with Crippen molar-refractivity contribution >= 4 is 0 Å². The van der Waals surface area contributed by atoms with Crippen molar-refractivity contribution in [2.75, 3.05) is 32.7 Å². The van der Waals surface area contributed by atoms with Gasteiger partial charge in [0.1, 0.15) is 0 Å². The Morgan fingerprint density at radius 1 is 1.00 bits per heavy atom. The van der Waals surface area contributed by atoms with Gasteiger partial charge < -0.3 is 9.80 Å². The molecule has 2 aliphatic heterocycles. The van der Waals surface area contributed by atoms with Gasteiger partial charge in [0.15, 0.2) is 0 Å². The normalized spacial score (nSPS) is 33.8. The van der Waals surface area contributed by atoms with Gasteiger partial charge in [-0.2, -0.15) is 0 Å². The van der Waals surface area contributed by atoms with Crippen LogP contribution in [0.5, 0.6) is 0 Å². The zero-order valence-electron chi connectivity index (χ0n) is 13.6. The molecule has 0 spiro atoms. The van der Waals surface area contributed by atoms with Crippen LogP contribution in [0.3, 0.4) is 0 Å². The first-order valence-electron chi connectivity index (χ1n) is 9.03. The number of hydrogen-bond donors (Lipinski definition) is 2. The van der Waals surface area contributed by atoms with Crippen molar-refractivity contribution in [3.05, 3.63) is 35.9 Å². The van der Waals surface area contributed by atoms with Crippen molar-refractivity contribution < 1.29 is 9.80 Å². The van der Waals surface area contributed by atoms with Crippen LogP contribution in [0.15, 0.2) is 30.3 Å². The Morgan fingerprint density at radius 2 is 1.76 bits per heavy atom. The maximum Gasteiger partial charge on any atom is 0.0983 e. The van der Waals surface area contributed by atoms with Crippen LogP contribution in [0.25, 0.3) is 0 Å². The molecular formula is C19H32N2+2. The van der Waals surface area contributed by atoms with E-state index in [4.69, 9.17) is 0 Å². The summed E-state index contributed by atoms with van der Waals surface area (Å²) in [5.41, 5.74) is 1.50. The standard InChI is InChI=1S/C19H30N2/c1-17-6-5-12-21(16-17)19-10-14-20(15-11-19)13-9-18-7-3-2-4-8-18/h2-4,7-8,17,19H,5-6,9-16H2,1H3/p+2/t17-/m0/s1. The van der Waals surface area contributed by atoms with E-state index in [9.17, 15) is 0 Å². The van der Waals surface area contributed by atoms with Gasteiger partial charge in [0.25, 0.3) is 0 Å². The number of nitrogens with one attached hydrogen (secondary N) is 2. The van der Waals surface area contributed by atoms with Crippen LogP contribution in [0, 0.1) is 5.92 Å². The van der Waals surface area contributed by atoms with E-state index >= 15 is 0 Å². The third-order valence-corrected chi connectivity index (χ3v) is 5.69. The van der Waals surface area contributed by atoms with Crippen molar-refractivity contribution in [3.63, 3.8) is 0 Å². The SMILES string of the molecule is C[C@H]1CCC[NH+](C2CC[NH+](CCc3ccccc3)CC2)C1. The van der Waals surface area contributed by atoms with E-state index in [1.54, 1.807) is 0 Å². The monoisotopic (exact) mass is 288 g/mol. The van der Waals surface area contributed by atoms with Gasteiger partial charge in [-0.25, -0.2) is 0 Å². The van der Waals surface area contributed by atoms with Gasteiger partial charge in [-0.15, -0.1) is 0 Å². The number of likely N-dealkylation sites (tertiary alicyclic amines) is 2. The van der Waals surface area contributed by atoms with E-state index in [0.717, 1.165) is 12.0 Å². The van der Waals surface area contributed by atoms with Crippen LogP contribution in [0.1, 0.15) is 38.2 Å². The summed E-state index contributed by atoms with van der Waals surface area (Å²) >= 11 is 0. The molecule has 21 heavy (non-hydrogen) atoms. The molecule has 2 fully saturated rings. The molecule has 2 nitrogen and oxygen atoms in total. The maximum absolute atomic E-state index is 2.44. The zero-order chi connectivity index (χ0) is 14.5. The summed E-state index contributed by atoms with van der Waals surface area (Å²) in [7, 11) is 0. The van der Waals surface area contributed by atoms with Crippen molar-refractivity contribution in [2.24, 2.45) is 5.92 Å². The highest BCUT2D eigenvalue weighted by atomic mass is 15.2. The predicted octanol–water partition coefficient (Wildman–Crippen LogP) is 0.591. The summed E-state index contributed by atoms with van der Waals surface area (Å²) in [5, 5.41) is 0. The molecular weight excluding hydrogens is 256 g/mol. The van der Waals surface area contributed by atoms with Crippen LogP contribution in [0.2, 0.25) is 0 Å². The minimum atomic E-state index is 0.956. The molecule has 3 rings (SSSR count). The second-order valence-electron chi connectivity index (χ2n) is 7.37. The van der Waals surface area contributed by atoms with Crippen molar-refractivity contribution in [3.8, 4) is 0 Å². The van der Waals surface area contributed by atoms with Crippen LogP contribution in [0.4, 0.5) is 0 Å². The molecule has 2 aliphatic rings. The summed E-state index contributed by atoms with van der Waals surface area (Å²) in [6.07, 6.45) is 7.06. The lowest BCUT2D eigenvalue weighted by molar-refractivity contribution is -0.962. The second kappa shape index (κ2) is 7.42. The number of hydrogen-bond acceptors (Lipinski definition) is 0. The molecule has 2 saturated heterocycles. The first-order chi connectivity index (χ1) is 10.3. The summed E-state index contributed by atoms with van der Waals surface area (Å²) in [5.74, 6) is 0.956. The third kappa shape index (κ3) is 4.31. The third-order valence-electron chi connectivity index (χ3n) is 5.69. The second-order valence-corrected chi connectivity index (χ2v) is 7.37. The molecule has 1 aromatic rings. The molecule has 0 aliphatic carbocycles. The number of benzene rings is 1. The summed E-state index contributed by atoms with van der Waals surface area (Å²) < 4.78 is 0. The lowest BCUT2D eigenvalue weighted by atomic mass is 9.95. The quantitative estimate of drug-likeness (QED) is 0.802. The fraction of sp³-hybridized carbons (Fsp3) is 0.684. The Labute approximate surface area is 130 Å². The van der Waals surface area contributed by atoms with Crippen LogP contribution >= 0.6 is 0 Å². The minimum Gasteiger partial charge on any atom is -0.334 e. The Bertz CT molecular complexity index is 409. The van der Waals surface area contributed by atoms with Gasteiger partial charge in [-0.1, -0.05) is 37.3 Å². The molecule has 2 heterocycles. The Morgan fingerprint density at radius 3 is 2.48 bits per heavy atom. The van der Waals surface area contributed by atoms with Crippen molar-refractivity contribution in [2.45, 2.75) is 45.1 Å². The topological polar surface area (TPSA) is 8.88 Å². The van der Waals surface area contributed by atoms with Crippen LogP contribution in [-0.2, 0) is 6.42 Å². The molecule has 2 atom stereocenters. The first kappa shape index (κ1) is 15.1. The highest BCUT2D eigenvalue weighted by molar-refractivity contribution is 5.14. The van der Waals surface area contributed by atoms with Gasteiger partial charge in [-0.05, 0) is 18.4 Å². The van der Waals surface area contributed by atoms with Gasteiger partial charge in [0, 0.05) is 25.2 Å². The van der Waals surface area contributed by atoms with Crippen LogP contribution < -0.4 is 9.80 Å². The average molecular weight is 288 g/mol. The summed E-state index contributed by atoms with van der Waals surface area (Å²) in [6, 6.07) is 11.9. The van der Waals surface area contributed by atoms with E-state index in [2.05, 4.69) is 37.3 Å². The largest absolute Gasteiger partial charge is 0.334 e. The molecule has 1 unspecified atom stereocenters. The van der Waals surface area contributed by atoms with Gasteiger partial charge in [-0.3, -0.25) is 0 Å². The molecule has 2 heteroatoms. The lowest BCUT2D eigenvalue weighted by Gasteiger charge is -2.37. The van der Waals surface area contributed by atoms with Crippen LogP contribution in [-0.4, -0.2) is 38.8 Å². The maximum atomic E-state index is 2.44. The molecule has 0 bridgehead atoms. The van der Waals surface area contributed by atoms with Gasteiger partial charge in [0.2, 0.25) is 0 Å². The molecule has 1 aromatic carbocycles. The van der Waals surface area contributed by atoms with Gasteiger partial charge in [0.05, 0.1) is 38.8 Å². The number of rotatable bonds is 4. The van der Waals surface area contributed by atoms with E-state index in [1.807, 2.05) is 9.80 Å². The first-order valence-corrected chi connectivity index (χ1v) is 9.03. The van der Waals surface area contributed by atoms with Crippen molar-refractivity contribution in [1.29, 1.82) is 0 Å². The van der Waals surface area contributed by atoms with E-state index in [-0.39, 0.29) is 0 Å². The molecule has 2 N–H and O–H groups in total. The molecule has 116 valence electrons. The van der Waals surface area contributed by atoms with E-state index < -0.39 is 0 Å². The fourth-order valence-corrected chi connectivity index (χ4v) is 4.35. The van der Waals surface area contributed by atoms with E-state index in [1.165, 1.54) is 70.4 Å². The summed E-state index contributed by atoms with van der Waals surface area (Å²) in [4.78, 5) is 3.76. The molecule has 0 saturated carbocycles.